The zero-order valence-electron chi connectivity index (χ0n) is 12.6. The first-order valence-corrected chi connectivity index (χ1v) is 7.97. The molecule has 0 radical (unpaired) electrons. The number of thiol groups is 1. The Hall–Kier alpha value is -2.85. The first-order chi connectivity index (χ1) is 11.6. The van der Waals surface area contributed by atoms with Gasteiger partial charge in [0.1, 0.15) is 0 Å². The van der Waals surface area contributed by atoms with Crippen LogP contribution in [0.15, 0.2) is 71.6 Å². The second-order valence-corrected chi connectivity index (χ2v) is 6.12. The maximum Gasteiger partial charge on any atom is 0.256 e. The van der Waals surface area contributed by atoms with Crippen molar-refractivity contribution in [2.75, 3.05) is 5.32 Å². The summed E-state index contributed by atoms with van der Waals surface area (Å²) in [5.41, 5.74) is 3.84. The standard InChI is InChI=1S/C20H13NO2S/c22-19-16-8-2-1-7-14(16)15-9-4-10-17(18(15)19)20(23)21-12-5-3-6-13(24)11-12/h1-11,24H,(H,21,23). The molecule has 0 fully saturated rings. The van der Waals surface area contributed by atoms with Crippen LogP contribution in [0.5, 0.6) is 0 Å². The van der Waals surface area contributed by atoms with Gasteiger partial charge < -0.3 is 5.32 Å². The number of fused-ring (bicyclic) bond motifs is 3. The Labute approximate surface area is 144 Å². The van der Waals surface area contributed by atoms with Crippen molar-refractivity contribution >= 4 is 30.0 Å². The second-order valence-electron chi connectivity index (χ2n) is 5.61. The van der Waals surface area contributed by atoms with Gasteiger partial charge in [-0.05, 0) is 35.4 Å². The fourth-order valence-corrected chi connectivity index (χ4v) is 3.27. The summed E-state index contributed by atoms with van der Waals surface area (Å²) >= 11 is 4.27. The number of benzene rings is 3. The number of amides is 1. The molecule has 0 spiro atoms. The first-order valence-electron chi connectivity index (χ1n) is 7.52. The Morgan fingerprint density at radius 1 is 0.833 bits per heavy atom. The van der Waals surface area contributed by atoms with Gasteiger partial charge in [0, 0.05) is 21.7 Å². The number of rotatable bonds is 2. The van der Waals surface area contributed by atoms with E-state index in [2.05, 4.69) is 17.9 Å². The Morgan fingerprint density at radius 3 is 2.33 bits per heavy atom. The minimum atomic E-state index is -0.299. The van der Waals surface area contributed by atoms with Crippen molar-refractivity contribution in [2.24, 2.45) is 0 Å². The van der Waals surface area contributed by atoms with Crippen molar-refractivity contribution in [3.8, 4) is 11.1 Å². The van der Waals surface area contributed by atoms with Gasteiger partial charge in [-0.1, -0.05) is 42.5 Å². The Kier molecular flexibility index (Phi) is 3.47. The molecular weight excluding hydrogens is 318 g/mol. The smallest absolute Gasteiger partial charge is 0.256 e. The minimum Gasteiger partial charge on any atom is -0.322 e. The molecule has 1 N–H and O–H groups in total. The minimum absolute atomic E-state index is 0.103. The lowest BCUT2D eigenvalue weighted by molar-refractivity contribution is 0.0998. The maximum atomic E-state index is 12.7. The zero-order chi connectivity index (χ0) is 16.7. The Morgan fingerprint density at radius 2 is 1.54 bits per heavy atom. The van der Waals surface area contributed by atoms with Gasteiger partial charge >= 0.3 is 0 Å². The van der Waals surface area contributed by atoms with E-state index in [0.717, 1.165) is 16.0 Å². The highest BCUT2D eigenvalue weighted by Crippen LogP contribution is 2.38. The van der Waals surface area contributed by atoms with E-state index in [1.165, 1.54) is 0 Å². The predicted octanol–water partition coefficient (Wildman–Crippen LogP) is 4.44. The van der Waals surface area contributed by atoms with E-state index < -0.39 is 0 Å². The van der Waals surface area contributed by atoms with Gasteiger partial charge in [-0.15, -0.1) is 12.6 Å². The summed E-state index contributed by atoms with van der Waals surface area (Å²) in [6, 6.07) is 20.0. The number of ketones is 1. The summed E-state index contributed by atoms with van der Waals surface area (Å²) in [5, 5.41) is 2.84. The molecule has 4 heteroatoms. The lowest BCUT2D eigenvalue weighted by Crippen LogP contribution is -2.15. The number of anilines is 1. The fourth-order valence-electron chi connectivity index (χ4n) is 3.04. The number of carbonyl (C=O) groups is 2. The molecule has 116 valence electrons. The zero-order valence-corrected chi connectivity index (χ0v) is 13.5. The van der Waals surface area contributed by atoms with Crippen LogP contribution >= 0.6 is 12.6 Å². The van der Waals surface area contributed by atoms with Crippen LogP contribution in [0.25, 0.3) is 11.1 Å². The first kappa shape index (κ1) is 14.7. The summed E-state index contributed by atoms with van der Waals surface area (Å²) < 4.78 is 0. The van der Waals surface area contributed by atoms with E-state index in [4.69, 9.17) is 0 Å². The molecule has 1 amide bonds. The van der Waals surface area contributed by atoms with E-state index in [1.54, 1.807) is 30.3 Å². The third-order valence-corrected chi connectivity index (χ3v) is 4.38. The third-order valence-electron chi connectivity index (χ3n) is 4.10. The Bertz CT molecular complexity index is 994. The number of carbonyl (C=O) groups excluding carboxylic acids is 2. The molecule has 0 unspecified atom stereocenters. The average molecular weight is 331 g/mol. The van der Waals surface area contributed by atoms with Gasteiger partial charge in [0.2, 0.25) is 0 Å². The lowest BCUT2D eigenvalue weighted by Gasteiger charge is -2.09. The van der Waals surface area contributed by atoms with E-state index >= 15 is 0 Å². The highest BCUT2D eigenvalue weighted by Gasteiger charge is 2.30. The van der Waals surface area contributed by atoms with Crippen LogP contribution in [0.2, 0.25) is 0 Å². The van der Waals surface area contributed by atoms with Gasteiger partial charge in [0.25, 0.3) is 5.91 Å². The lowest BCUT2D eigenvalue weighted by atomic mass is 10.0. The number of nitrogens with one attached hydrogen (secondary N) is 1. The Balaban J connectivity index is 1.76. The van der Waals surface area contributed by atoms with E-state index in [0.29, 0.717) is 22.4 Å². The van der Waals surface area contributed by atoms with Crippen LogP contribution in [-0.4, -0.2) is 11.7 Å². The summed E-state index contributed by atoms with van der Waals surface area (Å²) in [5.74, 6) is -0.402. The van der Waals surface area contributed by atoms with Gasteiger partial charge in [-0.2, -0.15) is 0 Å². The van der Waals surface area contributed by atoms with Crippen molar-refractivity contribution in [1.29, 1.82) is 0 Å². The summed E-state index contributed by atoms with van der Waals surface area (Å²) in [6.45, 7) is 0. The molecule has 1 aliphatic carbocycles. The molecule has 0 aliphatic heterocycles. The van der Waals surface area contributed by atoms with E-state index in [1.807, 2.05) is 36.4 Å². The highest BCUT2D eigenvalue weighted by molar-refractivity contribution is 7.80. The van der Waals surface area contributed by atoms with Crippen LogP contribution in [0, 0.1) is 0 Å². The normalized spacial score (nSPS) is 11.8. The van der Waals surface area contributed by atoms with Crippen LogP contribution in [0.4, 0.5) is 5.69 Å². The molecule has 0 heterocycles. The second kappa shape index (κ2) is 5.65. The molecule has 24 heavy (non-hydrogen) atoms. The van der Waals surface area contributed by atoms with Crippen molar-refractivity contribution in [3.05, 3.63) is 83.4 Å². The van der Waals surface area contributed by atoms with Gasteiger partial charge in [-0.25, -0.2) is 0 Å². The number of hydrogen-bond acceptors (Lipinski definition) is 3. The summed E-state index contributed by atoms with van der Waals surface area (Å²) in [4.78, 5) is 26.2. The molecular formula is C20H13NO2S. The highest BCUT2D eigenvalue weighted by atomic mass is 32.1. The molecule has 3 aromatic rings. The quantitative estimate of drug-likeness (QED) is 0.534. The van der Waals surface area contributed by atoms with Gasteiger partial charge in [0.05, 0.1) is 5.56 Å². The van der Waals surface area contributed by atoms with Crippen LogP contribution in [0.1, 0.15) is 26.3 Å². The fraction of sp³-hybridized carbons (Fsp3) is 0. The van der Waals surface area contributed by atoms with Gasteiger partial charge in [-0.3, -0.25) is 9.59 Å². The van der Waals surface area contributed by atoms with Crippen LogP contribution < -0.4 is 5.32 Å². The molecule has 1 aliphatic rings. The topological polar surface area (TPSA) is 46.2 Å². The molecule has 0 atom stereocenters. The van der Waals surface area contributed by atoms with Gasteiger partial charge in [0.15, 0.2) is 5.78 Å². The number of hydrogen-bond donors (Lipinski definition) is 2. The van der Waals surface area contributed by atoms with Crippen molar-refractivity contribution < 1.29 is 9.59 Å². The molecule has 0 bridgehead atoms. The van der Waals surface area contributed by atoms with Crippen molar-refractivity contribution in [2.45, 2.75) is 4.90 Å². The molecule has 3 aromatic carbocycles. The van der Waals surface area contributed by atoms with Crippen LogP contribution in [0.3, 0.4) is 0 Å². The predicted molar refractivity (Wildman–Crippen MR) is 97.0 cm³/mol. The monoisotopic (exact) mass is 331 g/mol. The summed E-state index contributed by atoms with van der Waals surface area (Å²) in [7, 11) is 0. The summed E-state index contributed by atoms with van der Waals surface area (Å²) in [6.07, 6.45) is 0. The molecule has 0 aromatic heterocycles. The average Bonchev–Trinajstić information content (AvgIpc) is 2.88. The van der Waals surface area contributed by atoms with Crippen molar-refractivity contribution in [3.63, 3.8) is 0 Å². The largest absolute Gasteiger partial charge is 0.322 e. The molecule has 3 nitrogen and oxygen atoms in total. The van der Waals surface area contributed by atoms with Crippen LogP contribution in [-0.2, 0) is 0 Å². The third kappa shape index (κ3) is 2.32. The van der Waals surface area contributed by atoms with E-state index in [-0.39, 0.29) is 11.7 Å². The molecule has 4 rings (SSSR count). The maximum absolute atomic E-state index is 12.7. The van der Waals surface area contributed by atoms with E-state index in [9.17, 15) is 9.59 Å². The SMILES string of the molecule is O=C(Nc1cccc(S)c1)c1cccc2c1C(=O)c1ccccc1-2. The van der Waals surface area contributed by atoms with Crippen molar-refractivity contribution in [1.82, 2.24) is 0 Å². The molecule has 0 saturated heterocycles. The molecule has 0 saturated carbocycles.